The van der Waals surface area contributed by atoms with Gasteiger partial charge in [-0.1, -0.05) is 25.3 Å². The van der Waals surface area contributed by atoms with E-state index in [0.29, 0.717) is 11.7 Å². The minimum Gasteiger partial charge on any atom is -0.371 e. The number of hydrogen-bond donors (Lipinski definition) is 1. The summed E-state index contributed by atoms with van der Waals surface area (Å²) in [6.07, 6.45) is 6.66. The number of likely N-dealkylation sites (N-methyl/N-ethyl adjacent to an activating group) is 2. The fourth-order valence-electron chi connectivity index (χ4n) is 3.29. The predicted octanol–water partition coefficient (Wildman–Crippen LogP) is 3.25. The van der Waals surface area contributed by atoms with Gasteiger partial charge in [0.05, 0.1) is 5.69 Å². The first kappa shape index (κ1) is 17.2. The zero-order valence-electron chi connectivity index (χ0n) is 14.2. The molecule has 0 spiro atoms. The zero-order chi connectivity index (χ0) is 15.9. The van der Waals surface area contributed by atoms with Crippen molar-refractivity contribution in [3.63, 3.8) is 0 Å². The minimum atomic E-state index is -0.136. The normalized spacial score (nSPS) is 16.2. The van der Waals surface area contributed by atoms with Gasteiger partial charge in [0, 0.05) is 32.7 Å². The monoisotopic (exact) mass is 307 g/mol. The summed E-state index contributed by atoms with van der Waals surface area (Å²) < 4.78 is 14.1. The van der Waals surface area contributed by atoms with Gasteiger partial charge in [0.1, 0.15) is 5.82 Å². The van der Waals surface area contributed by atoms with Gasteiger partial charge in [-0.2, -0.15) is 0 Å². The van der Waals surface area contributed by atoms with Crippen LogP contribution in [0.25, 0.3) is 0 Å². The highest BCUT2D eigenvalue weighted by molar-refractivity contribution is 5.49. The van der Waals surface area contributed by atoms with E-state index >= 15 is 0 Å². The van der Waals surface area contributed by atoms with Crippen molar-refractivity contribution in [2.24, 2.45) is 0 Å². The third kappa shape index (κ3) is 4.68. The van der Waals surface area contributed by atoms with E-state index in [9.17, 15) is 4.39 Å². The SMILES string of the molecule is CNCCN(C)c1cc(CN(C)C2CCCCC2)ccc1F. The Morgan fingerprint density at radius 3 is 2.59 bits per heavy atom. The van der Waals surface area contributed by atoms with Crippen molar-refractivity contribution in [3.8, 4) is 0 Å². The molecule has 0 radical (unpaired) electrons. The van der Waals surface area contributed by atoms with Crippen molar-refractivity contribution in [2.75, 3.05) is 39.1 Å². The average Bonchev–Trinajstić information content (AvgIpc) is 2.55. The summed E-state index contributed by atoms with van der Waals surface area (Å²) >= 11 is 0. The molecule has 0 heterocycles. The number of anilines is 1. The lowest BCUT2D eigenvalue weighted by atomic mass is 9.94. The van der Waals surface area contributed by atoms with Gasteiger partial charge in [-0.25, -0.2) is 4.39 Å². The molecule has 0 amide bonds. The second-order valence-electron chi connectivity index (χ2n) is 6.52. The molecule has 0 aliphatic heterocycles. The van der Waals surface area contributed by atoms with E-state index in [1.54, 1.807) is 6.07 Å². The molecule has 0 unspecified atom stereocenters. The predicted molar refractivity (Wildman–Crippen MR) is 91.9 cm³/mol. The number of benzene rings is 1. The molecule has 22 heavy (non-hydrogen) atoms. The Kier molecular flexibility index (Phi) is 6.65. The van der Waals surface area contributed by atoms with Gasteiger partial charge in [0.25, 0.3) is 0 Å². The van der Waals surface area contributed by atoms with Crippen LogP contribution in [0.2, 0.25) is 0 Å². The molecule has 1 saturated carbocycles. The summed E-state index contributed by atoms with van der Waals surface area (Å²) in [7, 11) is 6.06. The maximum Gasteiger partial charge on any atom is 0.146 e. The summed E-state index contributed by atoms with van der Waals surface area (Å²) in [5.41, 5.74) is 1.89. The largest absolute Gasteiger partial charge is 0.371 e. The molecule has 0 atom stereocenters. The van der Waals surface area contributed by atoms with Gasteiger partial charge >= 0.3 is 0 Å². The Bertz CT molecular complexity index is 458. The highest BCUT2D eigenvalue weighted by Gasteiger charge is 2.18. The van der Waals surface area contributed by atoms with Crippen molar-refractivity contribution in [3.05, 3.63) is 29.6 Å². The van der Waals surface area contributed by atoms with Crippen LogP contribution in [0.5, 0.6) is 0 Å². The van der Waals surface area contributed by atoms with Crippen LogP contribution in [-0.2, 0) is 6.54 Å². The van der Waals surface area contributed by atoms with E-state index in [1.165, 1.54) is 37.7 Å². The fraction of sp³-hybridized carbons (Fsp3) is 0.667. The third-order valence-electron chi connectivity index (χ3n) is 4.75. The molecule has 1 fully saturated rings. The number of nitrogens with zero attached hydrogens (tertiary/aromatic N) is 2. The van der Waals surface area contributed by atoms with Crippen LogP contribution in [-0.4, -0.2) is 45.2 Å². The standard InChI is InChI=1S/C18H30FN3/c1-20-11-12-21(2)18-13-15(9-10-17(18)19)14-22(3)16-7-5-4-6-8-16/h9-10,13,16,20H,4-8,11-12,14H2,1-3H3. The quantitative estimate of drug-likeness (QED) is 0.834. The van der Waals surface area contributed by atoms with Crippen LogP contribution in [0.1, 0.15) is 37.7 Å². The molecule has 2 rings (SSSR count). The number of rotatable bonds is 7. The molecule has 3 nitrogen and oxygen atoms in total. The number of nitrogens with one attached hydrogen (secondary N) is 1. The maximum absolute atomic E-state index is 14.1. The highest BCUT2D eigenvalue weighted by atomic mass is 19.1. The topological polar surface area (TPSA) is 18.5 Å². The highest BCUT2D eigenvalue weighted by Crippen LogP contribution is 2.25. The van der Waals surface area contributed by atoms with Crippen molar-refractivity contribution < 1.29 is 4.39 Å². The maximum atomic E-state index is 14.1. The Morgan fingerprint density at radius 2 is 1.91 bits per heavy atom. The minimum absolute atomic E-state index is 0.136. The van der Waals surface area contributed by atoms with Crippen molar-refractivity contribution in [1.29, 1.82) is 0 Å². The van der Waals surface area contributed by atoms with E-state index in [1.807, 2.05) is 31.1 Å². The van der Waals surface area contributed by atoms with Crippen molar-refractivity contribution in [1.82, 2.24) is 10.2 Å². The van der Waals surface area contributed by atoms with Crippen molar-refractivity contribution in [2.45, 2.75) is 44.7 Å². The molecule has 124 valence electrons. The molecule has 1 aromatic rings. The second kappa shape index (κ2) is 8.49. The molecular formula is C18H30FN3. The summed E-state index contributed by atoms with van der Waals surface area (Å²) in [6, 6.07) is 6.22. The molecular weight excluding hydrogens is 277 g/mol. The van der Waals surface area contributed by atoms with Gasteiger partial charge in [-0.15, -0.1) is 0 Å². The Labute approximate surface area is 134 Å². The Morgan fingerprint density at radius 1 is 1.18 bits per heavy atom. The second-order valence-corrected chi connectivity index (χ2v) is 6.52. The van der Waals surface area contributed by atoms with E-state index in [2.05, 4.69) is 17.3 Å². The van der Waals surface area contributed by atoms with E-state index in [4.69, 9.17) is 0 Å². The molecule has 1 aliphatic rings. The van der Waals surface area contributed by atoms with Crippen LogP contribution < -0.4 is 10.2 Å². The number of hydrogen-bond acceptors (Lipinski definition) is 3. The Hall–Kier alpha value is -1.13. The van der Waals surface area contributed by atoms with Crippen LogP contribution in [0.3, 0.4) is 0 Å². The lowest BCUT2D eigenvalue weighted by Crippen LogP contribution is -2.33. The van der Waals surface area contributed by atoms with Crippen LogP contribution in [0, 0.1) is 5.82 Å². The molecule has 0 bridgehead atoms. The van der Waals surface area contributed by atoms with Gasteiger partial charge in [0.2, 0.25) is 0 Å². The summed E-state index contributed by atoms with van der Waals surface area (Å²) in [6.45, 7) is 2.55. The van der Waals surface area contributed by atoms with E-state index in [-0.39, 0.29) is 5.82 Å². The van der Waals surface area contributed by atoms with Gasteiger partial charge in [0.15, 0.2) is 0 Å². The van der Waals surface area contributed by atoms with Crippen LogP contribution in [0.4, 0.5) is 10.1 Å². The van der Waals surface area contributed by atoms with Crippen molar-refractivity contribution >= 4 is 5.69 Å². The lowest BCUT2D eigenvalue weighted by molar-refractivity contribution is 0.184. The molecule has 0 aromatic heterocycles. The first-order chi connectivity index (χ1) is 10.6. The summed E-state index contributed by atoms with van der Waals surface area (Å²) in [4.78, 5) is 4.42. The summed E-state index contributed by atoms with van der Waals surface area (Å²) in [5.74, 6) is -0.136. The van der Waals surface area contributed by atoms with Gasteiger partial charge in [-0.05, 0) is 44.6 Å². The smallest absolute Gasteiger partial charge is 0.146 e. The zero-order valence-corrected chi connectivity index (χ0v) is 14.2. The lowest BCUT2D eigenvalue weighted by Gasteiger charge is -2.31. The van der Waals surface area contributed by atoms with E-state index in [0.717, 1.165) is 19.6 Å². The Balaban J connectivity index is 2.01. The molecule has 4 heteroatoms. The summed E-state index contributed by atoms with van der Waals surface area (Å²) in [5, 5.41) is 3.11. The van der Waals surface area contributed by atoms with E-state index < -0.39 is 0 Å². The van der Waals surface area contributed by atoms with Gasteiger partial charge in [-0.3, -0.25) is 4.90 Å². The molecule has 1 aromatic carbocycles. The number of halogens is 1. The van der Waals surface area contributed by atoms with Gasteiger partial charge < -0.3 is 10.2 Å². The fourth-order valence-corrected chi connectivity index (χ4v) is 3.29. The van der Waals surface area contributed by atoms with Crippen LogP contribution >= 0.6 is 0 Å². The third-order valence-corrected chi connectivity index (χ3v) is 4.75. The molecule has 1 N–H and O–H groups in total. The molecule has 0 saturated heterocycles. The van der Waals surface area contributed by atoms with Crippen LogP contribution in [0.15, 0.2) is 18.2 Å². The average molecular weight is 307 g/mol. The first-order valence-electron chi connectivity index (χ1n) is 8.46. The first-order valence-corrected chi connectivity index (χ1v) is 8.46. The molecule has 1 aliphatic carbocycles.